The smallest absolute Gasteiger partial charge is 0.387 e. The average molecular weight is 242 g/mol. The summed E-state index contributed by atoms with van der Waals surface area (Å²) in [4.78, 5) is 0. The Morgan fingerprint density at radius 1 is 1.41 bits per heavy atom. The van der Waals surface area contributed by atoms with Crippen molar-refractivity contribution in [2.75, 3.05) is 13.2 Å². The van der Waals surface area contributed by atoms with Crippen LogP contribution in [0.1, 0.15) is 11.6 Å². The van der Waals surface area contributed by atoms with Crippen LogP contribution in [0.15, 0.2) is 24.3 Å². The van der Waals surface area contributed by atoms with Crippen molar-refractivity contribution in [3.05, 3.63) is 29.8 Å². The molecule has 1 aliphatic heterocycles. The first-order chi connectivity index (χ1) is 8.16. The van der Waals surface area contributed by atoms with Gasteiger partial charge in [0.2, 0.25) is 0 Å². The van der Waals surface area contributed by atoms with E-state index in [9.17, 15) is 8.78 Å². The van der Waals surface area contributed by atoms with E-state index in [1.807, 2.05) is 0 Å². The fraction of sp³-hybridized carbons (Fsp3) is 0.364. The number of amidine groups is 1. The van der Waals surface area contributed by atoms with Crippen LogP contribution in [-0.4, -0.2) is 25.7 Å². The Kier molecular flexibility index (Phi) is 3.53. The van der Waals surface area contributed by atoms with Crippen LogP contribution in [0.2, 0.25) is 0 Å². The van der Waals surface area contributed by atoms with Crippen molar-refractivity contribution in [3.63, 3.8) is 0 Å². The van der Waals surface area contributed by atoms with Crippen molar-refractivity contribution in [2.45, 2.75) is 12.7 Å². The molecule has 6 heteroatoms. The standard InChI is InChI=1S/C11H12F2N2O2/c12-11(13)17-9-4-2-1-3-7(9)8-5-16-6-10(14)15-8/h1-4,8,11H,5-6H2,(H2,14,15)/t8-/m1/s1. The Bertz CT molecular complexity index is 412. The van der Waals surface area contributed by atoms with Crippen molar-refractivity contribution in [3.8, 4) is 5.75 Å². The Labute approximate surface area is 97.0 Å². The van der Waals surface area contributed by atoms with Crippen molar-refractivity contribution < 1.29 is 18.3 Å². The van der Waals surface area contributed by atoms with Crippen LogP contribution in [0.4, 0.5) is 8.78 Å². The molecule has 0 spiro atoms. The fourth-order valence-corrected chi connectivity index (χ4v) is 1.71. The molecular formula is C11H12F2N2O2. The predicted molar refractivity (Wildman–Crippen MR) is 57.5 cm³/mol. The monoisotopic (exact) mass is 242 g/mol. The van der Waals surface area contributed by atoms with Gasteiger partial charge in [-0.2, -0.15) is 8.78 Å². The van der Waals surface area contributed by atoms with Crippen molar-refractivity contribution >= 4 is 5.84 Å². The fourth-order valence-electron chi connectivity index (χ4n) is 1.71. The average Bonchev–Trinajstić information content (AvgIpc) is 2.29. The van der Waals surface area contributed by atoms with Gasteiger partial charge in [0, 0.05) is 5.56 Å². The summed E-state index contributed by atoms with van der Waals surface area (Å²) in [5.41, 5.74) is 0.567. The lowest BCUT2D eigenvalue weighted by atomic mass is 10.1. The zero-order chi connectivity index (χ0) is 12.3. The summed E-state index contributed by atoms with van der Waals surface area (Å²) in [5, 5.41) is 10.3. The molecule has 1 aromatic rings. The largest absolute Gasteiger partial charge is 0.434 e. The molecule has 2 N–H and O–H groups in total. The molecule has 0 aromatic heterocycles. The second kappa shape index (κ2) is 5.09. The Balaban J connectivity index is 2.21. The Morgan fingerprint density at radius 2 is 2.18 bits per heavy atom. The van der Waals surface area contributed by atoms with E-state index < -0.39 is 6.61 Å². The number of hydrogen-bond acceptors (Lipinski definition) is 3. The Hall–Kier alpha value is -1.69. The van der Waals surface area contributed by atoms with Gasteiger partial charge in [-0.15, -0.1) is 0 Å². The minimum atomic E-state index is -2.86. The maximum Gasteiger partial charge on any atom is 0.387 e. The molecule has 0 amide bonds. The molecule has 1 aromatic carbocycles. The SMILES string of the molecule is N=C1COC[C@H](c2ccccc2OC(F)F)N1. The van der Waals surface area contributed by atoms with Gasteiger partial charge in [-0.1, -0.05) is 18.2 Å². The summed E-state index contributed by atoms with van der Waals surface area (Å²) >= 11 is 0. The zero-order valence-electron chi connectivity index (χ0n) is 8.95. The van der Waals surface area contributed by atoms with Gasteiger partial charge >= 0.3 is 6.61 Å². The van der Waals surface area contributed by atoms with Crippen LogP contribution in [0.3, 0.4) is 0 Å². The molecule has 0 saturated carbocycles. The molecule has 0 aliphatic carbocycles. The van der Waals surface area contributed by atoms with Gasteiger partial charge in [-0.25, -0.2) is 0 Å². The summed E-state index contributed by atoms with van der Waals surface area (Å²) in [7, 11) is 0. The van der Waals surface area contributed by atoms with E-state index in [2.05, 4.69) is 10.1 Å². The first-order valence-electron chi connectivity index (χ1n) is 5.12. The molecule has 0 radical (unpaired) electrons. The van der Waals surface area contributed by atoms with E-state index in [0.717, 1.165) is 0 Å². The number of rotatable bonds is 3. The normalized spacial score (nSPS) is 20.2. The highest BCUT2D eigenvalue weighted by Gasteiger charge is 2.22. The molecule has 0 unspecified atom stereocenters. The van der Waals surface area contributed by atoms with Crippen LogP contribution in [-0.2, 0) is 4.74 Å². The minimum Gasteiger partial charge on any atom is -0.434 e. The second-order valence-corrected chi connectivity index (χ2v) is 3.61. The zero-order valence-corrected chi connectivity index (χ0v) is 8.95. The topological polar surface area (TPSA) is 54.3 Å². The molecule has 92 valence electrons. The summed E-state index contributed by atoms with van der Waals surface area (Å²) in [5.74, 6) is 0.339. The number of halogens is 2. The molecule has 2 rings (SSSR count). The first-order valence-corrected chi connectivity index (χ1v) is 5.12. The number of nitrogens with one attached hydrogen (secondary N) is 2. The van der Waals surface area contributed by atoms with E-state index >= 15 is 0 Å². The van der Waals surface area contributed by atoms with E-state index in [1.165, 1.54) is 6.07 Å². The quantitative estimate of drug-likeness (QED) is 0.851. The van der Waals surface area contributed by atoms with Crippen LogP contribution >= 0.6 is 0 Å². The van der Waals surface area contributed by atoms with E-state index in [1.54, 1.807) is 18.2 Å². The van der Waals surface area contributed by atoms with Crippen molar-refractivity contribution in [2.24, 2.45) is 0 Å². The van der Waals surface area contributed by atoms with Gasteiger partial charge in [-0.05, 0) is 6.07 Å². The summed E-state index contributed by atoms with van der Waals surface area (Å²) in [6.45, 7) is -2.32. The maximum atomic E-state index is 12.2. The van der Waals surface area contributed by atoms with Gasteiger partial charge in [-0.3, -0.25) is 5.41 Å². The molecule has 4 nitrogen and oxygen atoms in total. The summed E-state index contributed by atoms with van der Waals surface area (Å²) < 4.78 is 34.1. The third kappa shape index (κ3) is 2.91. The number of morpholine rings is 1. The third-order valence-corrected chi connectivity index (χ3v) is 2.39. The second-order valence-electron chi connectivity index (χ2n) is 3.61. The minimum absolute atomic E-state index is 0.110. The lowest BCUT2D eigenvalue weighted by Gasteiger charge is -2.26. The number of para-hydroxylation sites is 1. The van der Waals surface area contributed by atoms with Crippen molar-refractivity contribution in [1.82, 2.24) is 5.32 Å². The highest BCUT2D eigenvalue weighted by molar-refractivity contribution is 5.81. The van der Waals surface area contributed by atoms with Crippen LogP contribution in [0, 0.1) is 5.41 Å². The van der Waals surface area contributed by atoms with E-state index in [-0.39, 0.29) is 24.2 Å². The van der Waals surface area contributed by atoms with Gasteiger partial charge in [0.05, 0.1) is 12.6 Å². The van der Waals surface area contributed by atoms with E-state index in [4.69, 9.17) is 10.1 Å². The molecule has 1 aliphatic rings. The molecular weight excluding hydrogens is 230 g/mol. The lowest BCUT2D eigenvalue weighted by Crippen LogP contribution is -2.39. The lowest BCUT2D eigenvalue weighted by molar-refractivity contribution is -0.0510. The number of benzene rings is 1. The highest BCUT2D eigenvalue weighted by Crippen LogP contribution is 2.27. The molecule has 1 saturated heterocycles. The number of ether oxygens (including phenoxy) is 2. The highest BCUT2D eigenvalue weighted by atomic mass is 19.3. The van der Waals surface area contributed by atoms with Gasteiger partial charge in [0.1, 0.15) is 18.2 Å². The van der Waals surface area contributed by atoms with Crippen LogP contribution < -0.4 is 10.1 Å². The molecule has 1 atom stereocenters. The molecule has 1 heterocycles. The third-order valence-electron chi connectivity index (χ3n) is 2.39. The van der Waals surface area contributed by atoms with Gasteiger partial charge < -0.3 is 14.8 Å². The number of alkyl halides is 2. The van der Waals surface area contributed by atoms with Crippen molar-refractivity contribution in [1.29, 1.82) is 5.41 Å². The predicted octanol–water partition coefficient (Wildman–Crippen LogP) is 1.93. The molecule has 17 heavy (non-hydrogen) atoms. The van der Waals surface area contributed by atoms with Crippen LogP contribution in [0.25, 0.3) is 0 Å². The molecule has 1 fully saturated rings. The summed E-state index contributed by atoms with van der Waals surface area (Å²) in [6.07, 6.45) is 0. The van der Waals surface area contributed by atoms with E-state index in [0.29, 0.717) is 12.2 Å². The summed E-state index contributed by atoms with van der Waals surface area (Å²) in [6, 6.07) is 6.17. The van der Waals surface area contributed by atoms with Gasteiger partial charge in [0.15, 0.2) is 0 Å². The Morgan fingerprint density at radius 3 is 2.88 bits per heavy atom. The first kappa shape index (κ1) is 11.8. The number of hydrogen-bond donors (Lipinski definition) is 2. The molecule has 0 bridgehead atoms. The maximum absolute atomic E-state index is 12.2. The van der Waals surface area contributed by atoms with Crippen LogP contribution in [0.5, 0.6) is 5.75 Å². The van der Waals surface area contributed by atoms with Gasteiger partial charge in [0.25, 0.3) is 0 Å².